The standard InChI is InChI=1S/C27H21FN2O/c1-16(14-29)27-21-9-7-18(12-24-17(2)30-25-6-4-3-5-22(24)25)11-19(21)15-31-26-13-20(28)8-10-23(26)27/h3-11,13,30H,12,15H2,1-2H3/b27-16-. The van der Waals surface area contributed by atoms with Gasteiger partial charge in [-0.3, -0.25) is 0 Å². The molecule has 5 rings (SSSR count). The number of aryl methyl sites for hydroxylation is 1. The van der Waals surface area contributed by atoms with Crippen LogP contribution in [0.4, 0.5) is 4.39 Å². The molecule has 0 amide bonds. The Hall–Kier alpha value is -3.84. The molecule has 1 aromatic heterocycles. The van der Waals surface area contributed by atoms with E-state index in [4.69, 9.17) is 4.74 Å². The molecule has 4 heteroatoms. The van der Waals surface area contributed by atoms with Crippen LogP contribution in [0.2, 0.25) is 0 Å². The van der Waals surface area contributed by atoms with Crippen LogP contribution in [0, 0.1) is 24.1 Å². The minimum atomic E-state index is -0.353. The quantitative estimate of drug-likeness (QED) is 0.388. The topological polar surface area (TPSA) is 48.8 Å². The number of H-pyrrole nitrogens is 1. The number of nitrogens with zero attached hydrogens (tertiary/aromatic N) is 1. The van der Waals surface area contributed by atoms with Gasteiger partial charge in [0.2, 0.25) is 0 Å². The van der Waals surface area contributed by atoms with Crippen LogP contribution in [0.3, 0.4) is 0 Å². The number of fused-ring (bicyclic) bond motifs is 3. The summed E-state index contributed by atoms with van der Waals surface area (Å²) < 4.78 is 19.8. The summed E-state index contributed by atoms with van der Waals surface area (Å²) in [6.07, 6.45) is 0.793. The van der Waals surface area contributed by atoms with Crippen LogP contribution in [-0.2, 0) is 13.0 Å². The predicted molar refractivity (Wildman–Crippen MR) is 120 cm³/mol. The number of halogens is 1. The van der Waals surface area contributed by atoms with Crippen molar-refractivity contribution in [3.05, 3.63) is 106 Å². The number of benzene rings is 3. The zero-order valence-corrected chi connectivity index (χ0v) is 17.4. The summed E-state index contributed by atoms with van der Waals surface area (Å²) in [6, 6.07) is 21.4. The first-order valence-electron chi connectivity index (χ1n) is 10.3. The van der Waals surface area contributed by atoms with Gasteiger partial charge in [0.15, 0.2) is 0 Å². The lowest BCUT2D eigenvalue weighted by atomic mass is 9.89. The van der Waals surface area contributed by atoms with E-state index in [2.05, 4.69) is 54.4 Å². The summed E-state index contributed by atoms with van der Waals surface area (Å²) in [5.41, 5.74) is 8.84. The molecule has 0 unspecified atom stereocenters. The van der Waals surface area contributed by atoms with Crippen LogP contribution in [-0.4, -0.2) is 4.98 Å². The van der Waals surface area contributed by atoms with Gasteiger partial charge >= 0.3 is 0 Å². The highest BCUT2D eigenvalue weighted by Gasteiger charge is 2.22. The van der Waals surface area contributed by atoms with Gasteiger partial charge in [0, 0.05) is 39.4 Å². The molecule has 1 N–H and O–H groups in total. The summed E-state index contributed by atoms with van der Waals surface area (Å²) in [5, 5.41) is 10.8. The maximum atomic E-state index is 13.8. The predicted octanol–water partition coefficient (Wildman–Crippen LogP) is 6.44. The van der Waals surface area contributed by atoms with Gasteiger partial charge in [-0.2, -0.15) is 5.26 Å². The molecule has 31 heavy (non-hydrogen) atoms. The van der Waals surface area contributed by atoms with Gasteiger partial charge in [0.1, 0.15) is 18.2 Å². The van der Waals surface area contributed by atoms with Crippen molar-refractivity contribution in [2.45, 2.75) is 26.9 Å². The Kier molecular flexibility index (Phi) is 4.60. The molecule has 0 fully saturated rings. The average molecular weight is 408 g/mol. The molecule has 0 saturated carbocycles. The van der Waals surface area contributed by atoms with Gasteiger partial charge < -0.3 is 9.72 Å². The molecule has 4 aromatic rings. The van der Waals surface area contributed by atoms with Gasteiger partial charge in [-0.25, -0.2) is 4.39 Å². The molecular weight excluding hydrogens is 387 g/mol. The highest BCUT2D eigenvalue weighted by molar-refractivity contribution is 5.88. The van der Waals surface area contributed by atoms with Crippen molar-refractivity contribution in [3.8, 4) is 11.8 Å². The number of hydrogen-bond acceptors (Lipinski definition) is 2. The number of aromatic amines is 1. The number of ether oxygens (including phenoxy) is 1. The molecule has 1 aliphatic rings. The smallest absolute Gasteiger partial charge is 0.130 e. The van der Waals surface area contributed by atoms with E-state index >= 15 is 0 Å². The van der Waals surface area contributed by atoms with E-state index in [0.717, 1.165) is 39.9 Å². The third-order valence-corrected chi connectivity index (χ3v) is 5.99. The fourth-order valence-electron chi connectivity index (χ4n) is 4.47. The lowest BCUT2D eigenvalue weighted by molar-refractivity contribution is 0.305. The molecule has 0 aliphatic carbocycles. The normalized spacial score (nSPS) is 14.3. The van der Waals surface area contributed by atoms with Crippen LogP contribution >= 0.6 is 0 Å². The fourth-order valence-corrected chi connectivity index (χ4v) is 4.47. The van der Waals surface area contributed by atoms with Crippen molar-refractivity contribution in [3.63, 3.8) is 0 Å². The minimum Gasteiger partial charge on any atom is -0.488 e. The van der Waals surface area contributed by atoms with Gasteiger partial charge in [-0.1, -0.05) is 36.4 Å². The van der Waals surface area contributed by atoms with Crippen LogP contribution in [0.15, 0.2) is 66.2 Å². The van der Waals surface area contributed by atoms with Crippen molar-refractivity contribution in [1.82, 2.24) is 4.98 Å². The van der Waals surface area contributed by atoms with Gasteiger partial charge in [-0.05, 0) is 60.7 Å². The molecule has 3 aromatic carbocycles. The molecule has 2 heterocycles. The number of nitrogens with one attached hydrogen (secondary N) is 1. The van der Waals surface area contributed by atoms with Crippen LogP contribution < -0.4 is 4.74 Å². The number of allylic oxidation sites excluding steroid dienone is 1. The molecule has 0 bridgehead atoms. The maximum absolute atomic E-state index is 13.8. The highest BCUT2D eigenvalue weighted by atomic mass is 19.1. The van der Waals surface area contributed by atoms with Crippen LogP contribution in [0.25, 0.3) is 16.5 Å². The van der Waals surface area contributed by atoms with Crippen molar-refractivity contribution >= 4 is 16.5 Å². The van der Waals surface area contributed by atoms with E-state index in [1.807, 2.05) is 6.07 Å². The number of nitriles is 1. The van der Waals surface area contributed by atoms with Crippen LogP contribution in [0.1, 0.15) is 40.4 Å². The average Bonchev–Trinajstić information content (AvgIpc) is 2.99. The highest BCUT2D eigenvalue weighted by Crippen LogP contribution is 2.39. The van der Waals surface area contributed by atoms with E-state index in [9.17, 15) is 9.65 Å². The molecule has 0 atom stereocenters. The zero-order valence-electron chi connectivity index (χ0n) is 17.4. The van der Waals surface area contributed by atoms with E-state index in [1.165, 1.54) is 28.6 Å². The second-order valence-electron chi connectivity index (χ2n) is 7.98. The summed E-state index contributed by atoms with van der Waals surface area (Å²) in [4.78, 5) is 3.46. The summed E-state index contributed by atoms with van der Waals surface area (Å²) in [7, 11) is 0. The molecular formula is C27H21FN2O. The Morgan fingerprint density at radius 2 is 1.90 bits per heavy atom. The van der Waals surface area contributed by atoms with Crippen molar-refractivity contribution in [2.24, 2.45) is 0 Å². The number of para-hydroxylation sites is 1. The Morgan fingerprint density at radius 3 is 2.74 bits per heavy atom. The van der Waals surface area contributed by atoms with E-state index in [-0.39, 0.29) is 5.82 Å². The second kappa shape index (κ2) is 7.45. The van der Waals surface area contributed by atoms with Gasteiger partial charge in [0.25, 0.3) is 0 Å². The first kappa shape index (κ1) is 19.1. The minimum absolute atomic E-state index is 0.328. The Morgan fingerprint density at radius 1 is 1.10 bits per heavy atom. The molecule has 1 aliphatic heterocycles. The number of aromatic nitrogens is 1. The maximum Gasteiger partial charge on any atom is 0.130 e. The Labute approximate surface area is 180 Å². The van der Waals surface area contributed by atoms with Crippen molar-refractivity contribution in [2.75, 3.05) is 0 Å². The first-order valence-corrected chi connectivity index (χ1v) is 10.3. The summed E-state index contributed by atoms with van der Waals surface area (Å²) in [6.45, 7) is 4.22. The van der Waals surface area contributed by atoms with Crippen molar-refractivity contribution < 1.29 is 9.13 Å². The lowest BCUT2D eigenvalue weighted by Crippen LogP contribution is -1.99. The number of hydrogen-bond donors (Lipinski definition) is 1. The third kappa shape index (κ3) is 3.29. The first-order chi connectivity index (χ1) is 15.0. The lowest BCUT2D eigenvalue weighted by Gasteiger charge is -2.13. The summed E-state index contributed by atoms with van der Waals surface area (Å²) >= 11 is 0. The fraction of sp³-hybridized carbons (Fsp3) is 0.148. The largest absolute Gasteiger partial charge is 0.488 e. The molecule has 0 spiro atoms. The van der Waals surface area contributed by atoms with E-state index in [0.29, 0.717) is 17.9 Å². The van der Waals surface area contributed by atoms with E-state index < -0.39 is 0 Å². The molecule has 0 saturated heterocycles. The second-order valence-corrected chi connectivity index (χ2v) is 7.98. The SMILES string of the molecule is C/C(C#N)=C1\c2ccc(Cc3c(C)[nH]c4ccccc34)cc2COc2cc(F)ccc21. The zero-order chi connectivity index (χ0) is 21.5. The third-order valence-electron chi connectivity index (χ3n) is 5.99. The van der Waals surface area contributed by atoms with E-state index in [1.54, 1.807) is 13.0 Å². The molecule has 3 nitrogen and oxygen atoms in total. The van der Waals surface area contributed by atoms with Gasteiger partial charge in [0.05, 0.1) is 6.07 Å². The van der Waals surface area contributed by atoms with Gasteiger partial charge in [-0.15, -0.1) is 0 Å². The summed E-state index contributed by atoms with van der Waals surface area (Å²) in [5.74, 6) is 0.115. The molecule has 152 valence electrons. The molecule has 0 radical (unpaired) electrons. The Balaban J connectivity index is 1.61. The monoisotopic (exact) mass is 408 g/mol. The van der Waals surface area contributed by atoms with Crippen LogP contribution in [0.5, 0.6) is 5.75 Å². The van der Waals surface area contributed by atoms with Crippen molar-refractivity contribution in [1.29, 1.82) is 5.26 Å². The number of rotatable bonds is 2. The Bertz CT molecular complexity index is 1400.